The van der Waals surface area contributed by atoms with Gasteiger partial charge in [-0.15, -0.1) is 0 Å². The fourth-order valence-corrected chi connectivity index (χ4v) is 1.56. The number of ether oxygens (including phenoxy) is 2. The van der Waals surface area contributed by atoms with E-state index in [0.29, 0.717) is 5.02 Å². The number of hydrogen-bond donors (Lipinski definition) is 0. The molecule has 0 bridgehead atoms. The summed E-state index contributed by atoms with van der Waals surface area (Å²) in [5, 5.41) is 0.554. The Hall–Kier alpha value is -1.85. The molecule has 1 rings (SSSR count). The van der Waals surface area contributed by atoms with Crippen molar-refractivity contribution in [3.8, 4) is 0 Å². The van der Waals surface area contributed by atoms with E-state index in [1.807, 2.05) is 0 Å². The average molecular weight is 331 g/mol. The Kier molecular flexibility index (Phi) is 6.91. The molecule has 5 nitrogen and oxygen atoms in total. The predicted octanol–water partition coefficient (Wildman–Crippen LogP) is 2.84. The van der Waals surface area contributed by atoms with Crippen LogP contribution in [0.1, 0.15) is 17.3 Å². The summed E-state index contributed by atoms with van der Waals surface area (Å²) < 4.78 is 9.28. The fourth-order valence-electron chi connectivity index (χ4n) is 1.26. The third-order valence-electron chi connectivity index (χ3n) is 2.23. The first-order valence-electron chi connectivity index (χ1n) is 5.94. The first kappa shape index (κ1) is 17.2. The SMILES string of the molecule is CCOC(=O)C=CC(=O)OCC(=O)c1ccc(Cl)c(Cl)c1. The number of carbonyl (C=O) groups is 3. The Bertz CT molecular complexity index is 581. The lowest BCUT2D eigenvalue weighted by atomic mass is 10.1. The smallest absolute Gasteiger partial charge is 0.331 e. The molecule has 112 valence electrons. The van der Waals surface area contributed by atoms with E-state index >= 15 is 0 Å². The van der Waals surface area contributed by atoms with Gasteiger partial charge in [0.1, 0.15) is 0 Å². The standard InChI is InChI=1S/C14H12Cl2O5/c1-2-20-13(18)5-6-14(19)21-8-12(17)9-3-4-10(15)11(16)7-9/h3-7H,2,8H2,1H3. The summed E-state index contributed by atoms with van der Waals surface area (Å²) in [5.41, 5.74) is 0.270. The van der Waals surface area contributed by atoms with Gasteiger partial charge in [-0.25, -0.2) is 9.59 Å². The van der Waals surface area contributed by atoms with Crippen molar-refractivity contribution in [1.82, 2.24) is 0 Å². The molecule has 7 heteroatoms. The zero-order chi connectivity index (χ0) is 15.8. The van der Waals surface area contributed by atoms with E-state index in [2.05, 4.69) is 4.74 Å². The van der Waals surface area contributed by atoms with Gasteiger partial charge in [0.25, 0.3) is 0 Å². The van der Waals surface area contributed by atoms with Crippen molar-refractivity contribution < 1.29 is 23.9 Å². The number of hydrogen-bond acceptors (Lipinski definition) is 5. The van der Waals surface area contributed by atoms with Gasteiger partial charge in [0, 0.05) is 17.7 Å². The minimum absolute atomic E-state index is 0.202. The fraction of sp³-hybridized carbons (Fsp3) is 0.214. The van der Waals surface area contributed by atoms with Crippen LogP contribution in [0.15, 0.2) is 30.4 Å². The molecule has 0 heterocycles. The molecule has 0 aliphatic carbocycles. The summed E-state index contributed by atoms with van der Waals surface area (Å²) in [5.74, 6) is -1.92. The topological polar surface area (TPSA) is 69.7 Å². The second-order valence-electron chi connectivity index (χ2n) is 3.75. The van der Waals surface area contributed by atoms with Gasteiger partial charge in [0.15, 0.2) is 12.4 Å². The maximum Gasteiger partial charge on any atom is 0.331 e. The van der Waals surface area contributed by atoms with Crippen molar-refractivity contribution >= 4 is 40.9 Å². The predicted molar refractivity (Wildman–Crippen MR) is 77.5 cm³/mol. The molecular formula is C14H12Cl2O5. The van der Waals surface area contributed by atoms with Gasteiger partial charge < -0.3 is 9.47 Å². The Labute approximate surface area is 131 Å². The van der Waals surface area contributed by atoms with Crippen LogP contribution in [-0.2, 0) is 19.1 Å². The number of ketones is 1. The van der Waals surface area contributed by atoms with Crippen LogP contribution in [0.25, 0.3) is 0 Å². The first-order valence-corrected chi connectivity index (χ1v) is 6.69. The van der Waals surface area contributed by atoms with E-state index in [-0.39, 0.29) is 17.2 Å². The summed E-state index contributed by atoms with van der Waals surface area (Å²) in [4.78, 5) is 34.0. The summed E-state index contributed by atoms with van der Waals surface area (Å²) in [6, 6.07) is 4.33. The largest absolute Gasteiger partial charge is 0.463 e. The molecule has 0 aliphatic rings. The lowest BCUT2D eigenvalue weighted by Crippen LogP contribution is -2.13. The van der Waals surface area contributed by atoms with E-state index in [9.17, 15) is 14.4 Å². The molecule has 0 spiro atoms. The van der Waals surface area contributed by atoms with E-state index in [1.54, 1.807) is 6.92 Å². The van der Waals surface area contributed by atoms with Gasteiger partial charge in [0.2, 0.25) is 0 Å². The lowest BCUT2D eigenvalue weighted by molar-refractivity contribution is -0.139. The van der Waals surface area contributed by atoms with Gasteiger partial charge in [-0.3, -0.25) is 4.79 Å². The molecule has 0 saturated carbocycles. The van der Waals surface area contributed by atoms with Crippen LogP contribution in [0.3, 0.4) is 0 Å². The molecule has 1 aromatic rings. The molecule has 0 aliphatic heterocycles. The Morgan fingerprint density at radius 3 is 2.24 bits per heavy atom. The first-order chi connectivity index (χ1) is 9.93. The van der Waals surface area contributed by atoms with E-state index in [4.69, 9.17) is 27.9 Å². The van der Waals surface area contributed by atoms with Crippen molar-refractivity contribution in [2.75, 3.05) is 13.2 Å². The summed E-state index contributed by atoms with van der Waals surface area (Å²) in [6.45, 7) is 1.37. The van der Waals surface area contributed by atoms with Crippen LogP contribution in [0, 0.1) is 0 Å². The highest BCUT2D eigenvalue weighted by Crippen LogP contribution is 2.22. The van der Waals surface area contributed by atoms with E-state index in [1.165, 1.54) is 18.2 Å². The molecule has 0 amide bonds. The highest BCUT2D eigenvalue weighted by Gasteiger charge is 2.10. The molecule has 1 aromatic carbocycles. The van der Waals surface area contributed by atoms with Crippen molar-refractivity contribution in [1.29, 1.82) is 0 Å². The van der Waals surface area contributed by atoms with Crippen LogP contribution in [0.2, 0.25) is 10.0 Å². The molecule has 0 saturated heterocycles. The van der Waals surface area contributed by atoms with Gasteiger partial charge >= 0.3 is 11.9 Å². The third kappa shape index (κ3) is 5.97. The minimum atomic E-state index is -0.823. The second-order valence-corrected chi connectivity index (χ2v) is 4.56. The van der Waals surface area contributed by atoms with Crippen molar-refractivity contribution in [3.05, 3.63) is 46.0 Å². The number of carbonyl (C=O) groups excluding carboxylic acids is 3. The lowest BCUT2D eigenvalue weighted by Gasteiger charge is -2.03. The van der Waals surface area contributed by atoms with Crippen LogP contribution in [0.4, 0.5) is 0 Å². The maximum atomic E-state index is 11.8. The quantitative estimate of drug-likeness (QED) is 0.455. The molecule has 0 N–H and O–H groups in total. The Morgan fingerprint density at radius 1 is 1.05 bits per heavy atom. The zero-order valence-electron chi connectivity index (χ0n) is 11.1. The van der Waals surface area contributed by atoms with Crippen LogP contribution in [-0.4, -0.2) is 30.9 Å². The Balaban J connectivity index is 2.51. The molecular weight excluding hydrogens is 319 g/mol. The summed E-state index contributed by atoms with van der Waals surface area (Å²) in [7, 11) is 0. The number of halogens is 2. The molecule has 0 atom stereocenters. The third-order valence-corrected chi connectivity index (χ3v) is 2.97. The normalized spacial score (nSPS) is 10.4. The number of rotatable bonds is 6. The monoisotopic (exact) mass is 330 g/mol. The number of esters is 2. The van der Waals surface area contributed by atoms with Crippen LogP contribution < -0.4 is 0 Å². The molecule has 0 unspecified atom stereocenters. The highest BCUT2D eigenvalue weighted by atomic mass is 35.5. The summed E-state index contributed by atoms with van der Waals surface area (Å²) >= 11 is 11.5. The number of Topliss-reactive ketones (excluding diaryl/α,β-unsaturated/α-hetero) is 1. The van der Waals surface area contributed by atoms with E-state index in [0.717, 1.165) is 12.2 Å². The highest BCUT2D eigenvalue weighted by molar-refractivity contribution is 6.42. The van der Waals surface area contributed by atoms with Crippen molar-refractivity contribution in [2.24, 2.45) is 0 Å². The van der Waals surface area contributed by atoms with Gasteiger partial charge in [-0.05, 0) is 25.1 Å². The van der Waals surface area contributed by atoms with Crippen LogP contribution in [0.5, 0.6) is 0 Å². The number of benzene rings is 1. The molecule has 0 aromatic heterocycles. The van der Waals surface area contributed by atoms with Gasteiger partial charge in [-0.1, -0.05) is 23.2 Å². The summed E-state index contributed by atoms with van der Waals surface area (Å²) in [6.07, 6.45) is 1.82. The average Bonchev–Trinajstić information content (AvgIpc) is 2.45. The Morgan fingerprint density at radius 2 is 1.67 bits per heavy atom. The molecule has 0 fully saturated rings. The molecule has 21 heavy (non-hydrogen) atoms. The second kappa shape index (κ2) is 8.44. The van der Waals surface area contributed by atoms with E-state index < -0.39 is 24.3 Å². The van der Waals surface area contributed by atoms with Crippen LogP contribution >= 0.6 is 23.2 Å². The zero-order valence-corrected chi connectivity index (χ0v) is 12.6. The van der Waals surface area contributed by atoms with Crippen molar-refractivity contribution in [3.63, 3.8) is 0 Å². The molecule has 0 radical (unpaired) electrons. The minimum Gasteiger partial charge on any atom is -0.463 e. The maximum absolute atomic E-state index is 11.8. The van der Waals surface area contributed by atoms with Gasteiger partial charge in [0.05, 0.1) is 16.7 Å². The van der Waals surface area contributed by atoms with Gasteiger partial charge in [-0.2, -0.15) is 0 Å². The van der Waals surface area contributed by atoms with Crippen molar-refractivity contribution in [2.45, 2.75) is 6.92 Å².